The van der Waals surface area contributed by atoms with Crippen LogP contribution in [0.15, 0.2) is 28.7 Å². The summed E-state index contributed by atoms with van der Waals surface area (Å²) in [4.78, 5) is 0. The first-order chi connectivity index (χ1) is 7.29. The van der Waals surface area contributed by atoms with Gasteiger partial charge in [0.1, 0.15) is 0 Å². The van der Waals surface area contributed by atoms with Crippen LogP contribution in [0, 0.1) is 5.92 Å². The van der Waals surface area contributed by atoms with Crippen LogP contribution in [0.3, 0.4) is 0 Å². The van der Waals surface area contributed by atoms with Crippen molar-refractivity contribution in [3.05, 3.63) is 34.3 Å². The predicted octanol–water partition coefficient (Wildman–Crippen LogP) is 2.48. The minimum absolute atomic E-state index is 0.0723. The number of rotatable bonds is 5. The van der Waals surface area contributed by atoms with Gasteiger partial charge in [-0.05, 0) is 43.0 Å². The molecule has 15 heavy (non-hydrogen) atoms. The van der Waals surface area contributed by atoms with Crippen LogP contribution in [0.25, 0.3) is 0 Å². The van der Waals surface area contributed by atoms with E-state index in [-0.39, 0.29) is 12.6 Å². The molecule has 1 aliphatic rings. The Balaban J connectivity index is 1.97. The highest BCUT2D eigenvalue weighted by molar-refractivity contribution is 9.10. The Bertz CT molecular complexity index is 325. The predicted molar refractivity (Wildman–Crippen MR) is 64.7 cm³/mol. The van der Waals surface area contributed by atoms with Crippen molar-refractivity contribution in [2.75, 3.05) is 13.2 Å². The van der Waals surface area contributed by atoms with Crippen molar-refractivity contribution in [1.29, 1.82) is 0 Å². The SMILES string of the molecule is OCC(NCC1CC1)c1cccc(Br)c1. The average Bonchev–Trinajstić information content (AvgIpc) is 3.03. The number of hydrogen-bond donors (Lipinski definition) is 2. The van der Waals surface area contributed by atoms with Gasteiger partial charge in [0.05, 0.1) is 12.6 Å². The fraction of sp³-hybridized carbons (Fsp3) is 0.500. The Morgan fingerprint density at radius 1 is 1.47 bits per heavy atom. The fourth-order valence-corrected chi connectivity index (χ4v) is 2.06. The summed E-state index contributed by atoms with van der Waals surface area (Å²) in [6.07, 6.45) is 2.67. The highest BCUT2D eigenvalue weighted by atomic mass is 79.9. The first-order valence-corrected chi connectivity index (χ1v) is 6.18. The number of aliphatic hydroxyl groups is 1. The third-order valence-corrected chi connectivity index (χ3v) is 3.28. The molecule has 1 aromatic carbocycles. The van der Waals surface area contributed by atoms with Crippen LogP contribution in [-0.4, -0.2) is 18.3 Å². The van der Waals surface area contributed by atoms with Crippen molar-refractivity contribution in [3.8, 4) is 0 Å². The van der Waals surface area contributed by atoms with Gasteiger partial charge in [-0.25, -0.2) is 0 Å². The quantitative estimate of drug-likeness (QED) is 0.861. The molecule has 1 fully saturated rings. The molecule has 0 bridgehead atoms. The number of nitrogens with one attached hydrogen (secondary N) is 1. The van der Waals surface area contributed by atoms with E-state index in [0.717, 1.165) is 22.5 Å². The third-order valence-electron chi connectivity index (χ3n) is 2.78. The lowest BCUT2D eigenvalue weighted by Crippen LogP contribution is -2.26. The average molecular weight is 270 g/mol. The van der Waals surface area contributed by atoms with Gasteiger partial charge >= 0.3 is 0 Å². The Labute approximate surface area is 98.8 Å². The largest absolute Gasteiger partial charge is 0.394 e. The smallest absolute Gasteiger partial charge is 0.0626 e. The summed E-state index contributed by atoms with van der Waals surface area (Å²) in [7, 11) is 0. The molecule has 0 saturated heterocycles. The molecule has 0 radical (unpaired) electrons. The van der Waals surface area contributed by atoms with E-state index in [0.29, 0.717) is 0 Å². The minimum Gasteiger partial charge on any atom is -0.394 e. The zero-order chi connectivity index (χ0) is 10.7. The van der Waals surface area contributed by atoms with Gasteiger partial charge in [0.25, 0.3) is 0 Å². The molecule has 0 spiro atoms. The van der Waals surface area contributed by atoms with Gasteiger partial charge in [-0.1, -0.05) is 28.1 Å². The van der Waals surface area contributed by atoms with Gasteiger partial charge in [0.15, 0.2) is 0 Å². The summed E-state index contributed by atoms with van der Waals surface area (Å²) < 4.78 is 1.06. The molecule has 0 heterocycles. The lowest BCUT2D eigenvalue weighted by atomic mass is 10.1. The van der Waals surface area contributed by atoms with Crippen molar-refractivity contribution in [3.63, 3.8) is 0 Å². The Morgan fingerprint density at radius 2 is 2.27 bits per heavy atom. The lowest BCUT2D eigenvalue weighted by Gasteiger charge is -2.16. The van der Waals surface area contributed by atoms with E-state index in [4.69, 9.17) is 0 Å². The molecule has 1 aromatic rings. The van der Waals surface area contributed by atoms with Gasteiger partial charge in [-0.3, -0.25) is 0 Å². The van der Waals surface area contributed by atoms with E-state index in [2.05, 4.69) is 27.3 Å². The minimum atomic E-state index is 0.0723. The molecular formula is C12H16BrNO. The second-order valence-electron chi connectivity index (χ2n) is 4.14. The second-order valence-corrected chi connectivity index (χ2v) is 5.06. The Hall–Kier alpha value is -0.380. The molecule has 1 aliphatic carbocycles. The zero-order valence-corrected chi connectivity index (χ0v) is 10.2. The molecule has 0 aromatic heterocycles. The van der Waals surface area contributed by atoms with Crippen LogP contribution in [0.2, 0.25) is 0 Å². The van der Waals surface area contributed by atoms with Gasteiger partial charge < -0.3 is 10.4 Å². The molecular weight excluding hydrogens is 254 g/mol. The standard InChI is InChI=1S/C12H16BrNO/c13-11-3-1-2-10(6-11)12(8-15)14-7-9-4-5-9/h1-3,6,9,12,14-15H,4-5,7-8H2. The van der Waals surface area contributed by atoms with E-state index < -0.39 is 0 Å². The summed E-state index contributed by atoms with van der Waals surface area (Å²) in [6.45, 7) is 1.18. The summed E-state index contributed by atoms with van der Waals surface area (Å²) in [5.74, 6) is 0.839. The molecule has 2 rings (SSSR count). The molecule has 1 unspecified atom stereocenters. The van der Waals surface area contributed by atoms with Crippen LogP contribution >= 0.6 is 15.9 Å². The molecule has 1 atom stereocenters. The molecule has 0 aliphatic heterocycles. The second kappa shape index (κ2) is 5.10. The summed E-state index contributed by atoms with van der Waals surface area (Å²) >= 11 is 3.44. The fourth-order valence-electron chi connectivity index (χ4n) is 1.64. The summed E-state index contributed by atoms with van der Waals surface area (Å²) in [5, 5.41) is 12.7. The van der Waals surface area contributed by atoms with Gasteiger partial charge in [0.2, 0.25) is 0 Å². The van der Waals surface area contributed by atoms with Gasteiger partial charge in [-0.15, -0.1) is 0 Å². The van der Waals surface area contributed by atoms with Crippen LogP contribution in [-0.2, 0) is 0 Å². The van der Waals surface area contributed by atoms with Crippen molar-refractivity contribution in [2.24, 2.45) is 5.92 Å². The van der Waals surface area contributed by atoms with Gasteiger partial charge in [-0.2, -0.15) is 0 Å². The normalized spacial score (nSPS) is 17.7. The number of halogens is 1. The topological polar surface area (TPSA) is 32.3 Å². The van der Waals surface area contributed by atoms with Crippen molar-refractivity contribution in [1.82, 2.24) is 5.32 Å². The molecule has 1 saturated carbocycles. The zero-order valence-electron chi connectivity index (χ0n) is 8.62. The monoisotopic (exact) mass is 269 g/mol. The van der Waals surface area contributed by atoms with Crippen LogP contribution in [0.1, 0.15) is 24.4 Å². The molecule has 3 heteroatoms. The van der Waals surface area contributed by atoms with E-state index in [1.54, 1.807) is 0 Å². The highest BCUT2D eigenvalue weighted by Crippen LogP contribution is 2.28. The number of benzene rings is 1. The van der Waals surface area contributed by atoms with E-state index >= 15 is 0 Å². The number of hydrogen-bond acceptors (Lipinski definition) is 2. The van der Waals surface area contributed by atoms with Crippen LogP contribution in [0.4, 0.5) is 0 Å². The number of aliphatic hydroxyl groups excluding tert-OH is 1. The van der Waals surface area contributed by atoms with E-state index in [1.807, 2.05) is 18.2 Å². The van der Waals surface area contributed by atoms with Crippen molar-refractivity contribution < 1.29 is 5.11 Å². The Morgan fingerprint density at radius 3 is 2.87 bits per heavy atom. The van der Waals surface area contributed by atoms with Gasteiger partial charge in [0, 0.05) is 4.47 Å². The maximum absolute atomic E-state index is 9.33. The molecule has 82 valence electrons. The Kier molecular flexibility index (Phi) is 3.78. The summed E-state index contributed by atoms with van der Waals surface area (Å²) in [6, 6.07) is 8.18. The molecule has 2 nitrogen and oxygen atoms in total. The van der Waals surface area contributed by atoms with E-state index in [1.165, 1.54) is 12.8 Å². The molecule has 2 N–H and O–H groups in total. The lowest BCUT2D eigenvalue weighted by molar-refractivity contribution is 0.243. The van der Waals surface area contributed by atoms with Crippen LogP contribution in [0.5, 0.6) is 0 Å². The van der Waals surface area contributed by atoms with Crippen molar-refractivity contribution >= 4 is 15.9 Å². The maximum atomic E-state index is 9.33. The molecule has 0 amide bonds. The van der Waals surface area contributed by atoms with Crippen LogP contribution < -0.4 is 5.32 Å². The van der Waals surface area contributed by atoms with Crippen molar-refractivity contribution in [2.45, 2.75) is 18.9 Å². The first-order valence-electron chi connectivity index (χ1n) is 5.39. The highest BCUT2D eigenvalue weighted by Gasteiger charge is 2.22. The van der Waals surface area contributed by atoms with E-state index in [9.17, 15) is 5.11 Å². The first kappa shape index (κ1) is 11.1. The third kappa shape index (κ3) is 3.30. The summed E-state index contributed by atoms with van der Waals surface area (Å²) in [5.41, 5.74) is 1.15. The maximum Gasteiger partial charge on any atom is 0.0626 e.